The maximum absolute atomic E-state index is 12.7. The smallest absolute Gasteiger partial charge is 0.275 e. The fourth-order valence-corrected chi connectivity index (χ4v) is 3.62. The first-order chi connectivity index (χ1) is 12.4. The van der Waals surface area contributed by atoms with E-state index < -0.39 is 17.9 Å². The van der Waals surface area contributed by atoms with Crippen LogP contribution in [0.3, 0.4) is 0 Å². The van der Waals surface area contributed by atoms with Gasteiger partial charge in [0.05, 0.1) is 0 Å². The molecule has 0 saturated heterocycles. The molecule has 2 rings (SSSR count). The summed E-state index contributed by atoms with van der Waals surface area (Å²) in [5.41, 5.74) is 2.65. The number of nitrogens with zero attached hydrogens (tertiary/aromatic N) is 1. The number of hydrogen-bond acceptors (Lipinski definition) is 4. The highest BCUT2D eigenvalue weighted by Gasteiger charge is 2.37. The predicted octanol–water partition coefficient (Wildman–Crippen LogP) is 1.69. The standard InChI is InChI=1S/C18H24ClN3O4/c1-20-16(23)15(17(24)21-26)22(2)18(25)13-5-3-11(4-6-13)12-7-9-14(19)10-8-12/h7-11,13,15,26H,3-6H2,1-2H3,(H,20,23)(H,21,24). The summed E-state index contributed by atoms with van der Waals surface area (Å²) in [7, 11) is 2.78. The Kier molecular flexibility index (Phi) is 6.99. The second kappa shape index (κ2) is 9.00. The predicted molar refractivity (Wildman–Crippen MR) is 96.7 cm³/mol. The minimum Gasteiger partial charge on any atom is -0.357 e. The SMILES string of the molecule is CNC(=O)C(C(=O)NO)N(C)C(=O)C1CCC(c2ccc(Cl)cc2)CC1. The van der Waals surface area contributed by atoms with Crippen molar-refractivity contribution < 1.29 is 19.6 Å². The van der Waals surface area contributed by atoms with Crippen LogP contribution in [0, 0.1) is 5.92 Å². The summed E-state index contributed by atoms with van der Waals surface area (Å²) < 4.78 is 0. The van der Waals surface area contributed by atoms with Crippen molar-refractivity contribution in [3.63, 3.8) is 0 Å². The lowest BCUT2D eigenvalue weighted by Gasteiger charge is -2.33. The average Bonchev–Trinajstić information content (AvgIpc) is 2.67. The number of hydroxylamine groups is 1. The minimum absolute atomic E-state index is 0.248. The molecule has 1 aromatic rings. The molecule has 26 heavy (non-hydrogen) atoms. The Labute approximate surface area is 157 Å². The van der Waals surface area contributed by atoms with Crippen LogP contribution in [-0.4, -0.2) is 48.0 Å². The molecule has 0 radical (unpaired) electrons. The molecule has 1 saturated carbocycles. The lowest BCUT2D eigenvalue weighted by atomic mass is 9.78. The lowest BCUT2D eigenvalue weighted by Crippen LogP contribution is -2.56. The third-order valence-corrected chi connectivity index (χ3v) is 5.26. The third kappa shape index (κ3) is 4.53. The van der Waals surface area contributed by atoms with Gasteiger partial charge in [0, 0.05) is 25.0 Å². The van der Waals surface area contributed by atoms with Crippen molar-refractivity contribution in [1.29, 1.82) is 0 Å². The zero-order chi connectivity index (χ0) is 19.3. The van der Waals surface area contributed by atoms with Crippen molar-refractivity contribution >= 4 is 29.3 Å². The number of hydrogen-bond donors (Lipinski definition) is 3. The van der Waals surface area contributed by atoms with Crippen molar-refractivity contribution in [2.24, 2.45) is 5.92 Å². The molecular weight excluding hydrogens is 358 g/mol. The number of carbonyl (C=O) groups excluding carboxylic acids is 3. The number of carbonyl (C=O) groups is 3. The normalized spacial score (nSPS) is 20.8. The molecule has 7 nitrogen and oxygen atoms in total. The quantitative estimate of drug-likeness (QED) is 0.410. The molecule has 0 aliphatic heterocycles. The number of benzene rings is 1. The largest absolute Gasteiger partial charge is 0.357 e. The maximum atomic E-state index is 12.7. The highest BCUT2D eigenvalue weighted by Crippen LogP contribution is 2.36. The van der Waals surface area contributed by atoms with Crippen molar-refractivity contribution in [3.05, 3.63) is 34.9 Å². The molecule has 3 N–H and O–H groups in total. The number of amides is 3. The van der Waals surface area contributed by atoms with Gasteiger partial charge < -0.3 is 10.2 Å². The van der Waals surface area contributed by atoms with E-state index >= 15 is 0 Å². The van der Waals surface area contributed by atoms with Crippen LogP contribution in [0.2, 0.25) is 5.02 Å². The van der Waals surface area contributed by atoms with Gasteiger partial charge in [-0.1, -0.05) is 23.7 Å². The van der Waals surface area contributed by atoms with E-state index in [4.69, 9.17) is 16.8 Å². The van der Waals surface area contributed by atoms with E-state index in [0.29, 0.717) is 23.8 Å². The molecule has 1 unspecified atom stereocenters. The summed E-state index contributed by atoms with van der Waals surface area (Å²) in [4.78, 5) is 37.5. The Morgan fingerprint density at radius 1 is 1.12 bits per heavy atom. The molecule has 1 atom stereocenters. The lowest BCUT2D eigenvalue weighted by molar-refractivity contribution is -0.151. The zero-order valence-corrected chi connectivity index (χ0v) is 15.6. The molecule has 8 heteroatoms. The molecule has 1 fully saturated rings. The van der Waals surface area contributed by atoms with Gasteiger partial charge in [0.2, 0.25) is 5.91 Å². The molecule has 142 valence electrons. The van der Waals surface area contributed by atoms with Crippen LogP contribution in [0.1, 0.15) is 37.2 Å². The minimum atomic E-state index is -1.40. The van der Waals surface area contributed by atoms with Crippen LogP contribution >= 0.6 is 11.6 Å². The van der Waals surface area contributed by atoms with Crippen molar-refractivity contribution in [1.82, 2.24) is 15.7 Å². The van der Waals surface area contributed by atoms with Gasteiger partial charge in [0.25, 0.3) is 11.8 Å². The first-order valence-electron chi connectivity index (χ1n) is 8.56. The summed E-state index contributed by atoms with van der Waals surface area (Å²) in [6.45, 7) is 0. The maximum Gasteiger partial charge on any atom is 0.275 e. The summed E-state index contributed by atoms with van der Waals surface area (Å²) in [6.07, 6.45) is 3.06. The Bertz CT molecular complexity index is 641. The van der Waals surface area contributed by atoms with Crippen LogP contribution in [0.15, 0.2) is 24.3 Å². The zero-order valence-electron chi connectivity index (χ0n) is 14.9. The topological polar surface area (TPSA) is 98.7 Å². The van der Waals surface area contributed by atoms with Crippen LogP contribution in [-0.2, 0) is 14.4 Å². The van der Waals surface area contributed by atoms with Crippen molar-refractivity contribution in [2.45, 2.75) is 37.6 Å². The van der Waals surface area contributed by atoms with Crippen LogP contribution in [0.5, 0.6) is 0 Å². The fourth-order valence-electron chi connectivity index (χ4n) is 3.49. The Morgan fingerprint density at radius 3 is 2.19 bits per heavy atom. The molecule has 1 aliphatic carbocycles. The van der Waals surface area contributed by atoms with Gasteiger partial charge in [-0.05, 0) is 49.3 Å². The summed E-state index contributed by atoms with van der Waals surface area (Å²) >= 11 is 5.92. The molecule has 0 aromatic heterocycles. The summed E-state index contributed by atoms with van der Waals surface area (Å²) in [5.74, 6) is -1.73. The highest BCUT2D eigenvalue weighted by atomic mass is 35.5. The van der Waals surface area contributed by atoms with E-state index in [9.17, 15) is 14.4 Å². The van der Waals surface area contributed by atoms with Crippen LogP contribution in [0.4, 0.5) is 0 Å². The van der Waals surface area contributed by atoms with E-state index in [1.807, 2.05) is 24.3 Å². The molecular formula is C18H24ClN3O4. The first-order valence-corrected chi connectivity index (χ1v) is 8.94. The second-order valence-electron chi connectivity index (χ2n) is 6.54. The van der Waals surface area contributed by atoms with Gasteiger partial charge >= 0.3 is 0 Å². The van der Waals surface area contributed by atoms with Crippen molar-refractivity contribution in [3.8, 4) is 0 Å². The van der Waals surface area contributed by atoms with Gasteiger partial charge in [-0.3, -0.25) is 19.6 Å². The van der Waals surface area contributed by atoms with E-state index in [-0.39, 0.29) is 11.8 Å². The number of nitrogens with one attached hydrogen (secondary N) is 2. The summed E-state index contributed by atoms with van der Waals surface area (Å²) in [6, 6.07) is 6.35. The Hall–Kier alpha value is -2.12. The molecule has 1 aliphatic rings. The van der Waals surface area contributed by atoms with E-state index in [1.54, 1.807) is 0 Å². The first kappa shape index (κ1) is 20.2. The number of halogens is 1. The van der Waals surface area contributed by atoms with E-state index in [0.717, 1.165) is 17.7 Å². The van der Waals surface area contributed by atoms with Gasteiger partial charge in [0.1, 0.15) is 0 Å². The van der Waals surface area contributed by atoms with Crippen LogP contribution < -0.4 is 10.8 Å². The van der Waals surface area contributed by atoms with Crippen LogP contribution in [0.25, 0.3) is 0 Å². The molecule has 0 heterocycles. The molecule has 1 aromatic carbocycles. The third-order valence-electron chi connectivity index (χ3n) is 5.01. The Balaban J connectivity index is 2.00. The van der Waals surface area contributed by atoms with Gasteiger partial charge in [-0.2, -0.15) is 0 Å². The van der Waals surface area contributed by atoms with Crippen molar-refractivity contribution in [2.75, 3.05) is 14.1 Å². The molecule has 0 bridgehead atoms. The highest BCUT2D eigenvalue weighted by molar-refractivity contribution is 6.30. The van der Waals surface area contributed by atoms with Gasteiger partial charge in [-0.25, -0.2) is 5.48 Å². The average molecular weight is 382 g/mol. The van der Waals surface area contributed by atoms with E-state index in [2.05, 4.69) is 5.32 Å². The molecule has 3 amide bonds. The summed E-state index contributed by atoms with van der Waals surface area (Å²) in [5, 5.41) is 11.9. The van der Waals surface area contributed by atoms with Gasteiger partial charge in [-0.15, -0.1) is 0 Å². The number of rotatable bonds is 5. The molecule has 0 spiro atoms. The van der Waals surface area contributed by atoms with Gasteiger partial charge in [0.15, 0.2) is 6.04 Å². The monoisotopic (exact) mass is 381 g/mol. The second-order valence-corrected chi connectivity index (χ2v) is 6.98. The Morgan fingerprint density at radius 2 is 1.69 bits per heavy atom. The van der Waals surface area contributed by atoms with E-state index in [1.165, 1.54) is 25.1 Å². The fraction of sp³-hybridized carbons (Fsp3) is 0.500. The number of likely N-dealkylation sites (N-methyl/N-ethyl adjacent to an activating group) is 2.